The maximum Gasteiger partial charge on any atom is 0.305 e. The van der Waals surface area contributed by atoms with Gasteiger partial charge in [0.1, 0.15) is 25.0 Å². The number of hydrogen-bond acceptors (Lipinski definition) is 9. The first kappa shape index (κ1) is 40.1. The Kier molecular flexibility index (Phi) is 13.7. The quantitative estimate of drug-likeness (QED) is 0.0516. The van der Waals surface area contributed by atoms with Crippen molar-refractivity contribution in [1.29, 1.82) is 0 Å². The molecule has 5 rings (SSSR count). The van der Waals surface area contributed by atoms with Crippen LogP contribution in [0.4, 0.5) is 0 Å². The lowest BCUT2D eigenvalue weighted by Crippen LogP contribution is -2.49. The summed E-state index contributed by atoms with van der Waals surface area (Å²) in [6.45, 7) is 18.6. The zero-order valence-electron chi connectivity index (χ0n) is 32.3. The molecule has 0 spiro atoms. The number of methoxy groups -OCH3 is 1. The van der Waals surface area contributed by atoms with Crippen molar-refractivity contribution in [3.8, 4) is 5.75 Å². The molecule has 0 N–H and O–H groups in total. The summed E-state index contributed by atoms with van der Waals surface area (Å²) in [5.41, 5.74) is 2.45. The Morgan fingerprint density at radius 1 is 1.00 bits per heavy atom. The Bertz CT molecular complexity index is 1450. The number of fused-ring (bicyclic) bond motifs is 5. The van der Waals surface area contributed by atoms with Crippen molar-refractivity contribution in [2.75, 3.05) is 33.9 Å². The first-order chi connectivity index (χ1) is 24.2. The lowest BCUT2D eigenvalue weighted by atomic mass is 9.51. The average Bonchev–Trinajstić information content (AvgIpc) is 3.73. The van der Waals surface area contributed by atoms with E-state index in [0.29, 0.717) is 49.2 Å². The molecule has 3 aliphatic carbocycles. The molecule has 7 atom stereocenters. The molecule has 51 heavy (non-hydrogen) atoms. The van der Waals surface area contributed by atoms with Gasteiger partial charge in [-0.1, -0.05) is 52.3 Å². The SMILES string of the molecule is COC(=O)CCC[C@H]1[C@@H]2[C@H](CC[C@]3(C)[C@@H](OCOCC[Si](C)(C)C)CC[C@@H]23)c2ccc(OCOCC[Si](C)(C)C)cc2[C@H]1OC(=S)n1ccnc1. The second kappa shape index (κ2) is 17.4. The summed E-state index contributed by atoms with van der Waals surface area (Å²) in [4.78, 5) is 16.6. The second-order valence-electron chi connectivity index (χ2n) is 17.6. The molecule has 2 fully saturated rings. The fraction of sp³-hybridized carbons (Fsp3) is 0.718. The standard InChI is InChI=1S/C39H62N2O7SSi2/c1-39-17-16-30-29-13-12-28(46-26-44-20-22-50(3,4)5)24-32(29)37(48-38(49)41-19-18-40-25-41)31(10-9-11-35(42)43-2)36(30)33(39)14-15-34(39)47-27-45-21-23-51(6,7)8/h12-13,18-19,24-25,30-31,33-34,36-37H,9-11,14-17,20-23,26-27H2,1-8H3/t30-,31+,33+,34+,36+,37+,39+/m1/s1. The largest absolute Gasteiger partial charge is 0.469 e. The highest BCUT2D eigenvalue weighted by molar-refractivity contribution is 7.80. The van der Waals surface area contributed by atoms with E-state index in [0.717, 1.165) is 62.1 Å². The van der Waals surface area contributed by atoms with Crippen LogP contribution in [0.1, 0.15) is 75.0 Å². The van der Waals surface area contributed by atoms with Crippen LogP contribution in [-0.4, -0.2) is 76.9 Å². The molecular formula is C39H62N2O7SSi2. The van der Waals surface area contributed by atoms with Crippen LogP contribution in [-0.2, 0) is 28.5 Å². The first-order valence-corrected chi connectivity index (χ1v) is 26.8. The van der Waals surface area contributed by atoms with E-state index in [2.05, 4.69) is 69.4 Å². The summed E-state index contributed by atoms with van der Waals surface area (Å²) in [6, 6.07) is 8.72. The molecule has 0 saturated heterocycles. The van der Waals surface area contributed by atoms with Gasteiger partial charge in [0.25, 0.3) is 5.17 Å². The smallest absolute Gasteiger partial charge is 0.305 e. The Balaban J connectivity index is 1.43. The minimum Gasteiger partial charge on any atom is -0.469 e. The number of ether oxygens (including phenoxy) is 6. The van der Waals surface area contributed by atoms with Crippen molar-refractivity contribution in [2.45, 2.75) is 121 Å². The van der Waals surface area contributed by atoms with Crippen LogP contribution >= 0.6 is 12.2 Å². The number of benzene rings is 1. The summed E-state index contributed by atoms with van der Waals surface area (Å²) in [5.74, 6) is 1.83. The first-order valence-electron chi connectivity index (χ1n) is 19.0. The van der Waals surface area contributed by atoms with Gasteiger partial charge in [-0.15, -0.1) is 0 Å². The van der Waals surface area contributed by atoms with E-state index < -0.39 is 16.1 Å². The summed E-state index contributed by atoms with van der Waals surface area (Å²) in [6.07, 6.45) is 11.2. The highest BCUT2D eigenvalue weighted by Crippen LogP contribution is 2.65. The number of imidazole rings is 1. The van der Waals surface area contributed by atoms with Gasteiger partial charge >= 0.3 is 5.97 Å². The molecule has 1 aromatic heterocycles. The van der Waals surface area contributed by atoms with Gasteiger partial charge in [0.2, 0.25) is 0 Å². The number of aromatic nitrogens is 2. The van der Waals surface area contributed by atoms with Crippen LogP contribution in [0.2, 0.25) is 51.4 Å². The zero-order valence-corrected chi connectivity index (χ0v) is 35.1. The highest BCUT2D eigenvalue weighted by Gasteiger charge is 2.59. The van der Waals surface area contributed by atoms with Gasteiger partial charge in [-0.3, -0.25) is 9.36 Å². The summed E-state index contributed by atoms with van der Waals surface area (Å²) < 4.78 is 38.4. The second-order valence-corrected chi connectivity index (χ2v) is 29.2. The molecule has 2 saturated carbocycles. The van der Waals surface area contributed by atoms with Crippen LogP contribution in [0.25, 0.3) is 0 Å². The van der Waals surface area contributed by atoms with Crippen molar-refractivity contribution < 1.29 is 33.2 Å². The fourth-order valence-electron chi connectivity index (χ4n) is 8.77. The summed E-state index contributed by atoms with van der Waals surface area (Å²) in [5, 5.41) is 0.363. The Morgan fingerprint density at radius 3 is 2.39 bits per heavy atom. The van der Waals surface area contributed by atoms with E-state index in [1.165, 1.54) is 12.7 Å². The molecule has 12 heteroatoms. The number of thiocarbonyl (C=S) groups is 1. The minimum absolute atomic E-state index is 0.0209. The normalized spacial score (nSPS) is 27.3. The van der Waals surface area contributed by atoms with E-state index in [1.54, 1.807) is 17.1 Å². The van der Waals surface area contributed by atoms with Gasteiger partial charge in [-0.2, -0.15) is 0 Å². The molecular weight excluding hydrogens is 697 g/mol. The molecule has 0 bridgehead atoms. The molecule has 0 radical (unpaired) electrons. The van der Waals surface area contributed by atoms with Crippen LogP contribution in [0.3, 0.4) is 0 Å². The zero-order chi connectivity index (χ0) is 36.8. The molecule has 0 unspecified atom stereocenters. The maximum absolute atomic E-state index is 12.3. The summed E-state index contributed by atoms with van der Waals surface area (Å²) in [7, 11) is -0.897. The topological polar surface area (TPSA) is 90.3 Å². The lowest BCUT2D eigenvalue weighted by Gasteiger charge is -2.55. The van der Waals surface area contributed by atoms with Gasteiger partial charge in [0.15, 0.2) is 6.79 Å². The van der Waals surface area contributed by atoms with E-state index in [4.69, 9.17) is 40.6 Å². The number of carbonyl (C=O) groups excluding carboxylic acids is 1. The molecule has 0 amide bonds. The molecule has 0 aliphatic heterocycles. The number of carbonyl (C=O) groups is 1. The van der Waals surface area contributed by atoms with Crippen molar-refractivity contribution >= 4 is 39.5 Å². The van der Waals surface area contributed by atoms with Gasteiger partial charge in [0, 0.05) is 54.1 Å². The van der Waals surface area contributed by atoms with E-state index in [9.17, 15) is 4.79 Å². The van der Waals surface area contributed by atoms with Crippen molar-refractivity contribution in [3.63, 3.8) is 0 Å². The highest BCUT2D eigenvalue weighted by atomic mass is 32.1. The Morgan fingerprint density at radius 2 is 1.73 bits per heavy atom. The van der Waals surface area contributed by atoms with Crippen LogP contribution in [0.15, 0.2) is 36.9 Å². The van der Waals surface area contributed by atoms with Gasteiger partial charge < -0.3 is 28.4 Å². The molecule has 1 aromatic carbocycles. The predicted molar refractivity (Wildman–Crippen MR) is 210 cm³/mol. The molecule has 9 nitrogen and oxygen atoms in total. The van der Waals surface area contributed by atoms with Crippen molar-refractivity contribution in [2.24, 2.45) is 23.2 Å². The Hall–Kier alpha value is -2.10. The average molecular weight is 759 g/mol. The molecule has 1 heterocycles. The number of nitrogens with zero attached hydrogens (tertiary/aromatic N) is 2. The number of rotatable bonds is 17. The lowest BCUT2D eigenvalue weighted by molar-refractivity contribution is -0.142. The van der Waals surface area contributed by atoms with E-state index in [1.807, 2.05) is 6.20 Å². The van der Waals surface area contributed by atoms with Gasteiger partial charge in [0.05, 0.1) is 13.2 Å². The fourth-order valence-corrected chi connectivity index (χ4v) is 10.5. The third-order valence-corrected chi connectivity index (χ3v) is 15.4. The van der Waals surface area contributed by atoms with Crippen molar-refractivity contribution in [1.82, 2.24) is 9.55 Å². The third-order valence-electron chi connectivity index (χ3n) is 11.6. The number of hydrogen-bond donors (Lipinski definition) is 0. The van der Waals surface area contributed by atoms with Crippen LogP contribution < -0.4 is 4.74 Å². The van der Waals surface area contributed by atoms with Crippen LogP contribution in [0.5, 0.6) is 5.75 Å². The molecule has 2 aromatic rings. The Labute approximate surface area is 313 Å². The predicted octanol–water partition coefficient (Wildman–Crippen LogP) is 9.05. The number of esters is 1. The van der Waals surface area contributed by atoms with Crippen molar-refractivity contribution in [3.05, 3.63) is 48.0 Å². The maximum atomic E-state index is 12.3. The van der Waals surface area contributed by atoms with E-state index >= 15 is 0 Å². The monoisotopic (exact) mass is 758 g/mol. The van der Waals surface area contributed by atoms with Crippen LogP contribution in [0, 0.1) is 23.2 Å². The molecule has 3 aliphatic rings. The van der Waals surface area contributed by atoms with Gasteiger partial charge in [-0.25, -0.2) is 4.98 Å². The van der Waals surface area contributed by atoms with E-state index in [-0.39, 0.29) is 36.3 Å². The molecule has 284 valence electrons. The summed E-state index contributed by atoms with van der Waals surface area (Å²) >= 11 is 5.89. The third kappa shape index (κ3) is 10.3. The van der Waals surface area contributed by atoms with Gasteiger partial charge in [-0.05, 0) is 109 Å². The minimum atomic E-state index is -1.19.